The summed E-state index contributed by atoms with van der Waals surface area (Å²) < 4.78 is 2.04. The van der Waals surface area contributed by atoms with Gasteiger partial charge in [-0.3, -0.25) is 4.79 Å². The SMILES string of the molecule is Cc1nccn1-c1ccc(C(C)NC(=O)C[C@@H]2CCC[C@H]2N)cc1.Cl.Cl. The third kappa shape index (κ3) is 5.22. The van der Waals surface area contributed by atoms with E-state index in [9.17, 15) is 4.79 Å². The van der Waals surface area contributed by atoms with Gasteiger partial charge in [-0.15, -0.1) is 24.8 Å². The van der Waals surface area contributed by atoms with Gasteiger partial charge in [0.05, 0.1) is 6.04 Å². The second-order valence-corrected chi connectivity index (χ2v) is 6.78. The number of aromatic nitrogens is 2. The number of aryl methyl sites for hydroxylation is 1. The summed E-state index contributed by atoms with van der Waals surface area (Å²) in [6.45, 7) is 3.99. The summed E-state index contributed by atoms with van der Waals surface area (Å²) in [5, 5.41) is 3.10. The number of nitrogens with zero attached hydrogens (tertiary/aromatic N) is 2. The molecule has 0 spiro atoms. The van der Waals surface area contributed by atoms with Gasteiger partial charge in [0.15, 0.2) is 0 Å². The predicted octanol–water partition coefficient (Wildman–Crippen LogP) is 3.72. The van der Waals surface area contributed by atoms with E-state index in [1.807, 2.05) is 24.6 Å². The summed E-state index contributed by atoms with van der Waals surface area (Å²) in [5.41, 5.74) is 8.23. The van der Waals surface area contributed by atoms with Gasteiger partial charge in [0.1, 0.15) is 5.82 Å². The van der Waals surface area contributed by atoms with E-state index >= 15 is 0 Å². The predicted molar refractivity (Wildman–Crippen MR) is 109 cm³/mol. The van der Waals surface area contributed by atoms with Crippen LogP contribution in [-0.2, 0) is 4.79 Å². The molecule has 0 aliphatic heterocycles. The summed E-state index contributed by atoms with van der Waals surface area (Å²) >= 11 is 0. The third-order valence-corrected chi connectivity index (χ3v) is 5.04. The van der Waals surface area contributed by atoms with Gasteiger partial charge in [-0.05, 0) is 50.3 Å². The Balaban J connectivity index is 0.00000169. The van der Waals surface area contributed by atoms with E-state index in [-0.39, 0.29) is 42.8 Å². The van der Waals surface area contributed by atoms with E-state index in [4.69, 9.17) is 5.73 Å². The van der Waals surface area contributed by atoms with Crippen LogP contribution in [0.4, 0.5) is 0 Å². The lowest BCUT2D eigenvalue weighted by molar-refractivity contribution is -0.122. The molecule has 144 valence electrons. The molecular weight excluding hydrogens is 371 g/mol. The number of amides is 1. The zero-order chi connectivity index (χ0) is 17.1. The molecule has 1 aromatic heterocycles. The van der Waals surface area contributed by atoms with E-state index in [1.54, 1.807) is 6.20 Å². The Bertz CT molecular complexity index is 702. The van der Waals surface area contributed by atoms with Crippen LogP contribution in [-0.4, -0.2) is 21.5 Å². The quantitative estimate of drug-likeness (QED) is 0.805. The molecule has 1 fully saturated rings. The molecule has 3 atom stereocenters. The fourth-order valence-electron chi connectivity index (χ4n) is 3.52. The molecule has 0 radical (unpaired) electrons. The molecule has 1 saturated carbocycles. The molecule has 7 heteroatoms. The number of benzene rings is 1. The first-order chi connectivity index (χ1) is 11.5. The Morgan fingerprint density at radius 1 is 1.31 bits per heavy atom. The van der Waals surface area contributed by atoms with Gasteiger partial charge in [-0.2, -0.15) is 0 Å². The highest BCUT2D eigenvalue weighted by molar-refractivity contribution is 5.85. The molecule has 1 unspecified atom stereocenters. The van der Waals surface area contributed by atoms with Crippen LogP contribution in [0.3, 0.4) is 0 Å². The van der Waals surface area contributed by atoms with Crippen molar-refractivity contribution in [3.05, 3.63) is 48.0 Å². The van der Waals surface area contributed by atoms with E-state index < -0.39 is 0 Å². The monoisotopic (exact) mass is 398 g/mol. The third-order valence-electron chi connectivity index (χ3n) is 5.04. The number of nitrogens with two attached hydrogens (primary N) is 1. The lowest BCUT2D eigenvalue weighted by atomic mass is 9.99. The fraction of sp³-hybridized carbons (Fsp3) is 0.474. The van der Waals surface area contributed by atoms with Crippen molar-refractivity contribution in [3.8, 4) is 5.69 Å². The van der Waals surface area contributed by atoms with Crippen LogP contribution in [0.5, 0.6) is 0 Å². The Labute approximate surface area is 167 Å². The summed E-state index contributed by atoms with van der Waals surface area (Å²) in [4.78, 5) is 16.5. The van der Waals surface area contributed by atoms with Crippen molar-refractivity contribution in [3.63, 3.8) is 0 Å². The first-order valence-corrected chi connectivity index (χ1v) is 8.70. The Hall–Kier alpha value is -1.56. The lowest BCUT2D eigenvalue weighted by Crippen LogP contribution is -2.32. The molecule has 26 heavy (non-hydrogen) atoms. The molecule has 1 aliphatic rings. The van der Waals surface area contributed by atoms with Gasteiger partial charge >= 0.3 is 0 Å². The number of carbonyl (C=O) groups is 1. The summed E-state index contributed by atoms with van der Waals surface area (Å²) in [6.07, 6.45) is 7.53. The van der Waals surface area contributed by atoms with Crippen LogP contribution in [0.1, 0.15) is 50.0 Å². The molecule has 1 heterocycles. The summed E-state index contributed by atoms with van der Waals surface area (Å²) in [5.74, 6) is 1.39. The molecule has 5 nitrogen and oxygen atoms in total. The van der Waals surface area contributed by atoms with Crippen LogP contribution in [0.2, 0.25) is 0 Å². The Morgan fingerprint density at radius 2 is 2.00 bits per heavy atom. The molecule has 1 aliphatic carbocycles. The van der Waals surface area contributed by atoms with Gasteiger partial charge < -0.3 is 15.6 Å². The standard InChI is InChI=1S/C19H26N4O.2ClH/c1-13(22-19(24)12-16-4-3-5-18(16)20)15-6-8-17(9-7-15)23-11-10-21-14(23)2;;/h6-11,13,16,18H,3-5,12,20H2,1-2H3,(H,22,24);2*1H/t13?,16-,18+;;/m0../s1. The van der Waals surface area contributed by atoms with Crippen molar-refractivity contribution in [1.82, 2.24) is 14.9 Å². The number of hydrogen-bond donors (Lipinski definition) is 2. The average molecular weight is 399 g/mol. The Kier molecular flexibility index (Phi) is 8.60. The number of nitrogens with one attached hydrogen (secondary N) is 1. The molecule has 2 aromatic rings. The van der Waals surface area contributed by atoms with Gasteiger partial charge in [0.2, 0.25) is 5.91 Å². The zero-order valence-electron chi connectivity index (χ0n) is 15.2. The maximum absolute atomic E-state index is 12.2. The molecule has 0 saturated heterocycles. The highest BCUT2D eigenvalue weighted by atomic mass is 35.5. The lowest BCUT2D eigenvalue weighted by Gasteiger charge is -2.18. The van der Waals surface area contributed by atoms with Gasteiger partial charge in [0, 0.05) is 30.5 Å². The van der Waals surface area contributed by atoms with Crippen LogP contribution >= 0.6 is 24.8 Å². The van der Waals surface area contributed by atoms with E-state index in [0.717, 1.165) is 36.3 Å². The van der Waals surface area contributed by atoms with Crippen LogP contribution in [0.15, 0.2) is 36.7 Å². The van der Waals surface area contributed by atoms with E-state index in [2.05, 4.69) is 34.6 Å². The molecule has 1 amide bonds. The largest absolute Gasteiger partial charge is 0.350 e. The Morgan fingerprint density at radius 3 is 2.54 bits per heavy atom. The maximum Gasteiger partial charge on any atom is 0.220 e. The number of carbonyl (C=O) groups excluding carboxylic acids is 1. The van der Waals surface area contributed by atoms with E-state index in [0.29, 0.717) is 12.3 Å². The van der Waals surface area contributed by atoms with Crippen LogP contribution in [0, 0.1) is 12.8 Å². The first-order valence-electron chi connectivity index (χ1n) is 8.70. The first kappa shape index (κ1) is 22.5. The summed E-state index contributed by atoms with van der Waals surface area (Å²) in [7, 11) is 0. The molecule has 1 aromatic carbocycles. The van der Waals surface area contributed by atoms with Crippen LogP contribution < -0.4 is 11.1 Å². The minimum Gasteiger partial charge on any atom is -0.350 e. The topological polar surface area (TPSA) is 72.9 Å². The van der Waals surface area contributed by atoms with Crippen molar-refractivity contribution in [2.45, 2.75) is 51.6 Å². The normalized spacial score (nSPS) is 20.0. The van der Waals surface area contributed by atoms with Gasteiger partial charge in [0.25, 0.3) is 0 Å². The zero-order valence-corrected chi connectivity index (χ0v) is 16.9. The van der Waals surface area contributed by atoms with Gasteiger partial charge in [-0.1, -0.05) is 18.6 Å². The van der Waals surface area contributed by atoms with Crippen molar-refractivity contribution < 1.29 is 4.79 Å². The number of hydrogen-bond acceptors (Lipinski definition) is 3. The number of rotatable bonds is 5. The van der Waals surface area contributed by atoms with E-state index in [1.165, 1.54) is 0 Å². The average Bonchev–Trinajstić information content (AvgIpc) is 3.16. The van der Waals surface area contributed by atoms with Crippen molar-refractivity contribution in [2.24, 2.45) is 11.7 Å². The maximum atomic E-state index is 12.2. The number of imidazole rings is 1. The smallest absolute Gasteiger partial charge is 0.220 e. The molecule has 3 N–H and O–H groups in total. The molecular formula is C19H28Cl2N4O. The highest BCUT2D eigenvalue weighted by Crippen LogP contribution is 2.27. The van der Waals surface area contributed by atoms with Gasteiger partial charge in [-0.25, -0.2) is 4.98 Å². The second kappa shape index (κ2) is 9.95. The minimum atomic E-state index is -0.00642. The highest BCUT2D eigenvalue weighted by Gasteiger charge is 2.26. The molecule has 3 rings (SSSR count). The minimum absolute atomic E-state index is 0. The summed E-state index contributed by atoms with van der Waals surface area (Å²) in [6, 6.07) is 8.40. The van der Waals surface area contributed by atoms with Crippen molar-refractivity contribution >= 4 is 30.7 Å². The second-order valence-electron chi connectivity index (χ2n) is 6.78. The molecule has 0 bridgehead atoms. The van der Waals surface area contributed by atoms with Crippen LogP contribution in [0.25, 0.3) is 5.69 Å². The fourth-order valence-corrected chi connectivity index (χ4v) is 3.52. The van der Waals surface area contributed by atoms with Crippen molar-refractivity contribution in [2.75, 3.05) is 0 Å². The number of halogens is 2. The van der Waals surface area contributed by atoms with Crippen molar-refractivity contribution in [1.29, 1.82) is 0 Å².